The molecule has 0 saturated heterocycles. The zero-order chi connectivity index (χ0) is 14.1. The molecule has 3 nitrogen and oxygen atoms in total. The third kappa shape index (κ3) is 2.73. The lowest BCUT2D eigenvalue weighted by molar-refractivity contribution is -0.117. The lowest BCUT2D eigenvalue weighted by Gasteiger charge is -2.21. The monoisotopic (exact) mass is 332 g/mol. The van der Waals surface area contributed by atoms with Gasteiger partial charge in [0.15, 0.2) is 0 Å². The number of benzene rings is 1. The number of hydrogen-bond acceptors (Lipinski definition) is 2. The maximum Gasteiger partial charge on any atom is 0.224 e. The molecular weight excluding hydrogens is 316 g/mol. The fourth-order valence-corrected chi connectivity index (χ4v) is 4.14. The Bertz CT molecular complexity index is 578. The van der Waals surface area contributed by atoms with E-state index in [0.29, 0.717) is 23.6 Å². The molecule has 1 amide bonds. The summed E-state index contributed by atoms with van der Waals surface area (Å²) in [6.07, 6.45) is 5.77. The number of carbonyl (C=O) groups is 1. The smallest absolute Gasteiger partial charge is 0.224 e. The van der Waals surface area contributed by atoms with Gasteiger partial charge in [-0.05, 0) is 55.2 Å². The van der Waals surface area contributed by atoms with Gasteiger partial charge in [0.1, 0.15) is 6.07 Å². The van der Waals surface area contributed by atoms with E-state index in [4.69, 9.17) is 5.26 Å². The van der Waals surface area contributed by atoms with Crippen LogP contribution in [0.4, 0.5) is 5.69 Å². The molecule has 2 saturated carbocycles. The maximum atomic E-state index is 12.2. The highest BCUT2D eigenvalue weighted by molar-refractivity contribution is 9.10. The summed E-state index contributed by atoms with van der Waals surface area (Å²) >= 11 is 3.37. The van der Waals surface area contributed by atoms with E-state index in [2.05, 4.69) is 27.3 Å². The Morgan fingerprint density at radius 2 is 2.25 bits per heavy atom. The molecule has 3 rings (SSSR count). The Balaban J connectivity index is 1.65. The van der Waals surface area contributed by atoms with Crippen molar-refractivity contribution in [3.05, 3.63) is 28.2 Å². The molecule has 4 heteroatoms. The van der Waals surface area contributed by atoms with E-state index in [1.165, 1.54) is 25.7 Å². The Morgan fingerprint density at radius 1 is 1.40 bits per heavy atom. The Labute approximate surface area is 127 Å². The zero-order valence-electron chi connectivity index (χ0n) is 11.2. The summed E-state index contributed by atoms with van der Waals surface area (Å²) in [6, 6.07) is 7.43. The topological polar surface area (TPSA) is 52.9 Å². The first-order chi connectivity index (χ1) is 9.65. The van der Waals surface area contributed by atoms with Gasteiger partial charge in [-0.3, -0.25) is 4.79 Å². The van der Waals surface area contributed by atoms with E-state index in [-0.39, 0.29) is 5.91 Å². The first kappa shape index (κ1) is 13.6. The van der Waals surface area contributed by atoms with E-state index in [1.54, 1.807) is 12.1 Å². The second-order valence-corrected chi connectivity index (χ2v) is 6.90. The van der Waals surface area contributed by atoms with Gasteiger partial charge in [0.2, 0.25) is 5.91 Å². The van der Waals surface area contributed by atoms with Gasteiger partial charge in [-0.1, -0.05) is 22.4 Å². The predicted octanol–water partition coefficient (Wildman–Crippen LogP) is 4.09. The second-order valence-electron chi connectivity index (χ2n) is 5.99. The van der Waals surface area contributed by atoms with Crippen molar-refractivity contribution in [2.45, 2.75) is 32.1 Å². The van der Waals surface area contributed by atoms with Crippen molar-refractivity contribution < 1.29 is 4.79 Å². The minimum absolute atomic E-state index is 0.0390. The number of hydrogen-bond donors (Lipinski definition) is 1. The molecule has 0 spiro atoms. The van der Waals surface area contributed by atoms with Crippen molar-refractivity contribution in [1.29, 1.82) is 5.26 Å². The van der Waals surface area contributed by atoms with Crippen LogP contribution in [0.1, 0.15) is 37.7 Å². The highest BCUT2D eigenvalue weighted by Crippen LogP contribution is 2.49. The third-order valence-corrected chi connectivity index (χ3v) is 5.20. The Kier molecular flexibility index (Phi) is 3.80. The van der Waals surface area contributed by atoms with Gasteiger partial charge in [0.05, 0.1) is 11.3 Å². The predicted molar refractivity (Wildman–Crippen MR) is 81.0 cm³/mol. The summed E-state index contributed by atoms with van der Waals surface area (Å²) in [7, 11) is 0. The highest BCUT2D eigenvalue weighted by atomic mass is 79.9. The molecule has 1 aromatic carbocycles. The summed E-state index contributed by atoms with van der Waals surface area (Å²) in [6.45, 7) is 0. The van der Waals surface area contributed by atoms with Crippen molar-refractivity contribution >= 4 is 27.5 Å². The quantitative estimate of drug-likeness (QED) is 0.906. The molecule has 20 heavy (non-hydrogen) atoms. The lowest BCUT2D eigenvalue weighted by atomic mass is 9.86. The van der Waals surface area contributed by atoms with E-state index in [1.807, 2.05) is 6.07 Å². The molecule has 2 aliphatic rings. The average Bonchev–Trinajstić information content (AvgIpc) is 3.01. The normalized spacial score (nSPS) is 27.3. The molecule has 2 bridgehead atoms. The highest BCUT2D eigenvalue weighted by Gasteiger charge is 2.40. The van der Waals surface area contributed by atoms with Crippen molar-refractivity contribution in [2.24, 2.45) is 17.8 Å². The van der Waals surface area contributed by atoms with Gasteiger partial charge >= 0.3 is 0 Å². The number of anilines is 1. The number of amides is 1. The molecule has 104 valence electrons. The number of nitriles is 1. The SMILES string of the molecule is N#Cc1ccc(Br)cc1NC(=O)CC1CC2CCC1C2. The maximum absolute atomic E-state index is 12.2. The Hall–Kier alpha value is -1.34. The molecule has 0 heterocycles. The Morgan fingerprint density at radius 3 is 2.90 bits per heavy atom. The van der Waals surface area contributed by atoms with Crippen LogP contribution in [-0.2, 0) is 4.79 Å². The molecule has 3 unspecified atom stereocenters. The molecule has 0 aromatic heterocycles. The number of fused-ring (bicyclic) bond motifs is 2. The van der Waals surface area contributed by atoms with Crippen LogP contribution in [-0.4, -0.2) is 5.91 Å². The van der Waals surface area contributed by atoms with Crippen LogP contribution in [0.5, 0.6) is 0 Å². The van der Waals surface area contributed by atoms with Gasteiger partial charge in [0, 0.05) is 10.9 Å². The van der Waals surface area contributed by atoms with E-state index in [0.717, 1.165) is 16.3 Å². The van der Waals surface area contributed by atoms with Crippen molar-refractivity contribution in [2.75, 3.05) is 5.32 Å². The van der Waals surface area contributed by atoms with Crippen LogP contribution >= 0.6 is 15.9 Å². The summed E-state index contributed by atoms with van der Waals surface area (Å²) in [4.78, 5) is 12.2. The molecule has 2 aliphatic carbocycles. The largest absolute Gasteiger partial charge is 0.325 e. The number of rotatable bonds is 3. The first-order valence-electron chi connectivity index (χ1n) is 7.15. The van der Waals surface area contributed by atoms with E-state index >= 15 is 0 Å². The van der Waals surface area contributed by atoms with Gasteiger partial charge in [-0.15, -0.1) is 0 Å². The van der Waals surface area contributed by atoms with E-state index < -0.39 is 0 Å². The van der Waals surface area contributed by atoms with Crippen LogP contribution < -0.4 is 5.32 Å². The fraction of sp³-hybridized carbons (Fsp3) is 0.500. The summed E-state index contributed by atoms with van der Waals surface area (Å²) < 4.78 is 0.867. The molecule has 0 radical (unpaired) electrons. The van der Waals surface area contributed by atoms with Gasteiger partial charge in [-0.25, -0.2) is 0 Å². The van der Waals surface area contributed by atoms with Crippen LogP contribution in [0.15, 0.2) is 22.7 Å². The van der Waals surface area contributed by atoms with Crippen molar-refractivity contribution in [3.63, 3.8) is 0 Å². The van der Waals surface area contributed by atoms with Crippen molar-refractivity contribution in [1.82, 2.24) is 0 Å². The molecular formula is C16H17BrN2O. The standard InChI is InChI=1S/C16H17BrN2O/c17-14-4-3-12(9-18)15(8-14)19-16(20)7-13-6-10-1-2-11(13)5-10/h3-4,8,10-11,13H,1-2,5-7H2,(H,19,20). The fourth-order valence-electron chi connectivity index (χ4n) is 3.78. The van der Waals surface area contributed by atoms with E-state index in [9.17, 15) is 4.79 Å². The zero-order valence-corrected chi connectivity index (χ0v) is 12.8. The minimum Gasteiger partial charge on any atom is -0.325 e. The second kappa shape index (κ2) is 5.57. The van der Waals surface area contributed by atoms with Crippen LogP contribution in [0.2, 0.25) is 0 Å². The number of nitrogens with zero attached hydrogens (tertiary/aromatic N) is 1. The minimum atomic E-state index is 0.0390. The molecule has 1 N–H and O–H groups in total. The number of nitrogens with one attached hydrogen (secondary N) is 1. The van der Waals surface area contributed by atoms with Gasteiger partial charge in [0.25, 0.3) is 0 Å². The average molecular weight is 333 g/mol. The molecule has 0 aliphatic heterocycles. The molecule has 2 fully saturated rings. The van der Waals surface area contributed by atoms with Crippen molar-refractivity contribution in [3.8, 4) is 6.07 Å². The summed E-state index contributed by atoms with van der Waals surface area (Å²) in [5.74, 6) is 2.20. The molecule has 1 aromatic rings. The summed E-state index contributed by atoms with van der Waals surface area (Å²) in [5.41, 5.74) is 1.12. The van der Waals surface area contributed by atoms with Gasteiger partial charge in [-0.2, -0.15) is 5.26 Å². The summed E-state index contributed by atoms with van der Waals surface area (Å²) in [5, 5.41) is 12.0. The number of halogens is 1. The third-order valence-electron chi connectivity index (χ3n) is 4.71. The van der Waals surface area contributed by atoms with Gasteiger partial charge < -0.3 is 5.32 Å². The molecule has 3 atom stereocenters. The lowest BCUT2D eigenvalue weighted by Crippen LogP contribution is -2.20. The van der Waals surface area contributed by atoms with Crippen LogP contribution in [0.25, 0.3) is 0 Å². The number of carbonyl (C=O) groups excluding carboxylic acids is 1. The first-order valence-corrected chi connectivity index (χ1v) is 7.94. The van der Waals surface area contributed by atoms with Crippen LogP contribution in [0, 0.1) is 29.1 Å². The van der Waals surface area contributed by atoms with Crippen LogP contribution in [0.3, 0.4) is 0 Å².